The summed E-state index contributed by atoms with van der Waals surface area (Å²) in [5.74, 6) is -1.13. The number of rotatable bonds is 4. The van der Waals surface area contributed by atoms with E-state index >= 15 is 0 Å². The molecule has 9 nitrogen and oxygen atoms in total. The summed E-state index contributed by atoms with van der Waals surface area (Å²) in [6.45, 7) is 0. The van der Waals surface area contributed by atoms with E-state index in [0.717, 1.165) is 13.3 Å². The van der Waals surface area contributed by atoms with Gasteiger partial charge in [-0.15, -0.1) is 5.10 Å². The highest BCUT2D eigenvalue weighted by Gasteiger charge is 2.23. The average molecular weight is 265 g/mol. The minimum atomic E-state index is -0.849. The zero-order chi connectivity index (χ0) is 14.4. The van der Waals surface area contributed by atoms with Crippen molar-refractivity contribution in [1.29, 1.82) is 0 Å². The van der Waals surface area contributed by atoms with Crippen molar-refractivity contribution in [3.8, 4) is 0 Å². The first-order chi connectivity index (χ1) is 8.97. The quantitative estimate of drug-likeness (QED) is 0.257. The lowest BCUT2D eigenvalue weighted by Gasteiger charge is -2.03. The highest BCUT2D eigenvalue weighted by molar-refractivity contribution is 6.02. The zero-order valence-corrected chi connectivity index (χ0v) is 9.94. The molecule has 0 saturated heterocycles. The molecule has 0 aliphatic rings. The van der Waals surface area contributed by atoms with Crippen LogP contribution in [-0.4, -0.2) is 30.2 Å². The van der Waals surface area contributed by atoms with Crippen LogP contribution in [-0.2, 0) is 4.74 Å². The fraction of sp³-hybridized carbons (Fsp3) is 0.100. The number of nitrogens with zero attached hydrogens (tertiary/aromatic N) is 3. The maximum atomic E-state index is 11.6. The van der Waals surface area contributed by atoms with Gasteiger partial charge in [0.15, 0.2) is 0 Å². The van der Waals surface area contributed by atoms with E-state index in [4.69, 9.17) is 11.5 Å². The monoisotopic (exact) mass is 265 g/mol. The van der Waals surface area contributed by atoms with E-state index in [0.29, 0.717) is 0 Å². The SMILES string of the molecule is COC(=O)c1c(C=NN=C(N)N)cccc1[N+](=O)[O-]. The number of methoxy groups -OCH3 is 1. The summed E-state index contributed by atoms with van der Waals surface area (Å²) in [5.41, 5.74) is 9.71. The standard InChI is InChI=1S/C10H11N5O4/c1-19-9(16)8-6(5-13-14-10(11)12)3-2-4-7(8)15(17)18/h2-5H,1H3,(H4,11,12,14). The molecule has 0 fully saturated rings. The molecule has 1 aromatic rings. The predicted molar refractivity (Wildman–Crippen MR) is 67.8 cm³/mol. The second kappa shape index (κ2) is 6.10. The molecule has 0 aromatic heterocycles. The Balaban J connectivity index is 3.35. The largest absolute Gasteiger partial charge is 0.465 e. The molecule has 19 heavy (non-hydrogen) atoms. The minimum absolute atomic E-state index is 0.172. The molecule has 0 amide bonds. The van der Waals surface area contributed by atoms with Crippen molar-refractivity contribution in [2.24, 2.45) is 21.7 Å². The van der Waals surface area contributed by atoms with Crippen LogP contribution in [0.3, 0.4) is 0 Å². The number of guanidine groups is 1. The number of hydrogen-bond acceptors (Lipinski definition) is 6. The molecule has 9 heteroatoms. The van der Waals surface area contributed by atoms with E-state index in [9.17, 15) is 14.9 Å². The number of carbonyl (C=O) groups excluding carboxylic acids is 1. The van der Waals surface area contributed by atoms with E-state index in [1.165, 1.54) is 18.2 Å². The van der Waals surface area contributed by atoms with Gasteiger partial charge in [-0.1, -0.05) is 12.1 Å². The van der Waals surface area contributed by atoms with Gasteiger partial charge in [-0.2, -0.15) is 5.10 Å². The van der Waals surface area contributed by atoms with E-state index in [1.54, 1.807) is 0 Å². The van der Waals surface area contributed by atoms with E-state index in [1.807, 2.05) is 0 Å². The number of nitrogens with two attached hydrogens (primary N) is 2. The maximum absolute atomic E-state index is 11.6. The van der Waals surface area contributed by atoms with Crippen LogP contribution >= 0.6 is 0 Å². The molecule has 0 atom stereocenters. The smallest absolute Gasteiger partial charge is 0.345 e. The van der Waals surface area contributed by atoms with Crippen molar-refractivity contribution in [3.05, 3.63) is 39.4 Å². The second-order valence-electron chi connectivity index (χ2n) is 3.26. The third kappa shape index (κ3) is 3.49. The number of hydrogen-bond donors (Lipinski definition) is 2. The summed E-state index contributed by atoms with van der Waals surface area (Å²) in [6, 6.07) is 4.04. The molecule has 4 N–H and O–H groups in total. The molecule has 0 bridgehead atoms. The number of esters is 1. The number of nitro groups is 1. The van der Waals surface area contributed by atoms with Crippen LogP contribution < -0.4 is 11.5 Å². The normalized spacial score (nSPS) is 10.2. The Kier molecular flexibility index (Phi) is 4.52. The highest BCUT2D eigenvalue weighted by atomic mass is 16.6. The fourth-order valence-electron chi connectivity index (χ4n) is 1.30. The topological polar surface area (TPSA) is 146 Å². The Morgan fingerprint density at radius 1 is 1.47 bits per heavy atom. The Labute approximate surface area is 107 Å². The van der Waals surface area contributed by atoms with Crippen LogP contribution in [0.5, 0.6) is 0 Å². The molecule has 0 saturated carbocycles. The van der Waals surface area contributed by atoms with Crippen molar-refractivity contribution in [1.82, 2.24) is 0 Å². The molecular formula is C10H11N5O4. The lowest BCUT2D eigenvalue weighted by molar-refractivity contribution is -0.385. The molecule has 0 aliphatic heterocycles. The van der Waals surface area contributed by atoms with Gasteiger partial charge in [0.05, 0.1) is 18.2 Å². The van der Waals surface area contributed by atoms with E-state index in [2.05, 4.69) is 14.9 Å². The first-order valence-electron chi connectivity index (χ1n) is 4.95. The molecule has 1 rings (SSSR count). The van der Waals surface area contributed by atoms with Crippen molar-refractivity contribution >= 4 is 23.8 Å². The van der Waals surface area contributed by atoms with E-state index in [-0.39, 0.29) is 22.8 Å². The second-order valence-corrected chi connectivity index (χ2v) is 3.26. The Hall–Kier alpha value is -2.97. The molecule has 0 spiro atoms. The van der Waals surface area contributed by atoms with Crippen LogP contribution in [0.2, 0.25) is 0 Å². The zero-order valence-electron chi connectivity index (χ0n) is 9.94. The molecule has 100 valence electrons. The average Bonchev–Trinajstić information content (AvgIpc) is 2.37. The van der Waals surface area contributed by atoms with Crippen molar-refractivity contribution in [2.45, 2.75) is 0 Å². The van der Waals surface area contributed by atoms with Gasteiger partial charge in [0.2, 0.25) is 5.96 Å². The number of nitro benzene ring substituents is 1. The van der Waals surface area contributed by atoms with Gasteiger partial charge in [0, 0.05) is 11.6 Å². The van der Waals surface area contributed by atoms with E-state index < -0.39 is 10.9 Å². The van der Waals surface area contributed by atoms with Crippen LogP contribution in [0, 0.1) is 10.1 Å². The molecule has 0 aliphatic carbocycles. The van der Waals surface area contributed by atoms with Gasteiger partial charge in [0.1, 0.15) is 5.56 Å². The van der Waals surface area contributed by atoms with Crippen LogP contribution in [0.1, 0.15) is 15.9 Å². The third-order valence-electron chi connectivity index (χ3n) is 2.03. The molecule has 0 heterocycles. The number of ether oxygens (including phenoxy) is 1. The van der Waals surface area contributed by atoms with Crippen LogP contribution in [0.25, 0.3) is 0 Å². The van der Waals surface area contributed by atoms with Crippen molar-refractivity contribution < 1.29 is 14.5 Å². The number of benzene rings is 1. The lowest BCUT2D eigenvalue weighted by atomic mass is 10.1. The first-order valence-corrected chi connectivity index (χ1v) is 4.95. The molecular weight excluding hydrogens is 254 g/mol. The number of carbonyl (C=O) groups is 1. The lowest BCUT2D eigenvalue weighted by Crippen LogP contribution is -2.21. The summed E-state index contributed by atoms with van der Waals surface area (Å²) >= 11 is 0. The van der Waals surface area contributed by atoms with Crippen molar-refractivity contribution in [2.75, 3.05) is 7.11 Å². The Morgan fingerprint density at radius 2 is 2.16 bits per heavy atom. The van der Waals surface area contributed by atoms with Crippen molar-refractivity contribution in [3.63, 3.8) is 0 Å². The highest BCUT2D eigenvalue weighted by Crippen LogP contribution is 2.22. The summed E-state index contributed by atoms with van der Waals surface area (Å²) in [4.78, 5) is 21.8. The van der Waals surface area contributed by atoms with Crippen LogP contribution in [0.4, 0.5) is 5.69 Å². The minimum Gasteiger partial charge on any atom is -0.465 e. The van der Waals surface area contributed by atoms with Gasteiger partial charge in [-0.25, -0.2) is 4.79 Å². The van der Waals surface area contributed by atoms with Gasteiger partial charge in [0.25, 0.3) is 5.69 Å². The molecule has 0 unspecified atom stereocenters. The summed E-state index contributed by atoms with van der Waals surface area (Å²) in [5, 5.41) is 17.7. The van der Waals surface area contributed by atoms with Crippen LogP contribution in [0.15, 0.2) is 28.4 Å². The first kappa shape index (κ1) is 14.1. The molecule has 0 radical (unpaired) electrons. The Morgan fingerprint density at radius 3 is 2.68 bits per heavy atom. The van der Waals surface area contributed by atoms with Gasteiger partial charge in [-0.05, 0) is 0 Å². The predicted octanol–water partition coefficient (Wildman–Crippen LogP) is -0.0113. The Bertz CT molecular complexity index is 563. The third-order valence-corrected chi connectivity index (χ3v) is 2.03. The van der Waals surface area contributed by atoms with Gasteiger partial charge in [-0.3, -0.25) is 10.1 Å². The van der Waals surface area contributed by atoms with Gasteiger partial charge < -0.3 is 16.2 Å². The summed E-state index contributed by atoms with van der Waals surface area (Å²) in [6.07, 6.45) is 1.12. The fourth-order valence-corrected chi connectivity index (χ4v) is 1.30. The molecule has 1 aromatic carbocycles. The summed E-state index contributed by atoms with van der Waals surface area (Å²) in [7, 11) is 1.12. The van der Waals surface area contributed by atoms with Gasteiger partial charge >= 0.3 is 5.97 Å². The maximum Gasteiger partial charge on any atom is 0.345 e. The summed E-state index contributed by atoms with van der Waals surface area (Å²) < 4.78 is 4.50.